The first-order valence-corrected chi connectivity index (χ1v) is 11.2. The van der Waals surface area contributed by atoms with Crippen molar-refractivity contribution in [1.82, 2.24) is 19.7 Å². The third-order valence-electron chi connectivity index (χ3n) is 4.38. The van der Waals surface area contributed by atoms with Crippen LogP contribution in [0.3, 0.4) is 0 Å². The second-order valence-corrected chi connectivity index (χ2v) is 8.45. The van der Waals surface area contributed by atoms with Gasteiger partial charge in [0.15, 0.2) is 10.3 Å². The number of fused-ring (bicyclic) bond motifs is 1. The van der Waals surface area contributed by atoms with Gasteiger partial charge in [-0.25, -0.2) is 14.9 Å². The van der Waals surface area contributed by atoms with Crippen molar-refractivity contribution in [2.75, 3.05) is 24.3 Å². The Morgan fingerprint density at radius 2 is 2.41 bits per heavy atom. The largest absolute Gasteiger partial charge is 0.494 e. The zero-order chi connectivity index (χ0) is 20.2. The first-order valence-electron chi connectivity index (χ1n) is 9.35. The molecule has 1 fully saturated rings. The molecule has 9 nitrogen and oxygen atoms in total. The average Bonchev–Trinajstić information content (AvgIpc) is 3.42. The summed E-state index contributed by atoms with van der Waals surface area (Å²) in [5.74, 6) is 0.689. The highest BCUT2D eigenvalue weighted by atomic mass is 32.2. The minimum Gasteiger partial charge on any atom is -0.494 e. The summed E-state index contributed by atoms with van der Waals surface area (Å²) in [4.78, 5) is 28.8. The topological polar surface area (TPSA) is 111 Å². The number of ether oxygens (including phenoxy) is 2. The van der Waals surface area contributed by atoms with Gasteiger partial charge >= 0.3 is 5.69 Å². The number of carbonyl (C=O) groups is 1. The molecular formula is C18H21N5O4S2. The molecule has 1 amide bonds. The van der Waals surface area contributed by atoms with Crippen LogP contribution in [0.15, 0.2) is 28.2 Å². The Morgan fingerprint density at radius 1 is 1.52 bits per heavy atom. The summed E-state index contributed by atoms with van der Waals surface area (Å²) >= 11 is 2.59. The van der Waals surface area contributed by atoms with Gasteiger partial charge in [0.1, 0.15) is 5.75 Å². The van der Waals surface area contributed by atoms with Crippen molar-refractivity contribution in [3.8, 4) is 5.75 Å². The number of thiazole rings is 1. The second kappa shape index (κ2) is 8.97. The summed E-state index contributed by atoms with van der Waals surface area (Å²) in [6.07, 6.45) is 1.93. The number of aromatic amines is 1. The van der Waals surface area contributed by atoms with E-state index in [-0.39, 0.29) is 23.5 Å². The van der Waals surface area contributed by atoms with Crippen LogP contribution in [-0.4, -0.2) is 50.7 Å². The van der Waals surface area contributed by atoms with E-state index in [1.165, 1.54) is 27.7 Å². The molecule has 1 aromatic carbocycles. The van der Waals surface area contributed by atoms with Crippen LogP contribution in [0.4, 0.5) is 5.13 Å². The normalized spacial score (nSPS) is 16.4. The van der Waals surface area contributed by atoms with Crippen molar-refractivity contribution in [3.63, 3.8) is 0 Å². The molecule has 1 unspecified atom stereocenters. The molecular weight excluding hydrogens is 414 g/mol. The molecule has 2 N–H and O–H groups in total. The van der Waals surface area contributed by atoms with Gasteiger partial charge in [0, 0.05) is 6.61 Å². The van der Waals surface area contributed by atoms with Crippen LogP contribution in [0.5, 0.6) is 5.75 Å². The van der Waals surface area contributed by atoms with Crippen molar-refractivity contribution in [3.05, 3.63) is 28.7 Å². The van der Waals surface area contributed by atoms with Gasteiger partial charge < -0.3 is 14.8 Å². The van der Waals surface area contributed by atoms with Crippen molar-refractivity contribution in [2.24, 2.45) is 0 Å². The molecule has 1 aliphatic rings. The molecule has 1 atom stereocenters. The summed E-state index contributed by atoms with van der Waals surface area (Å²) in [6.45, 7) is 3.69. The van der Waals surface area contributed by atoms with E-state index in [9.17, 15) is 9.59 Å². The highest BCUT2D eigenvalue weighted by Crippen LogP contribution is 2.29. The number of rotatable bonds is 8. The van der Waals surface area contributed by atoms with Crippen LogP contribution in [-0.2, 0) is 16.1 Å². The molecule has 3 heterocycles. The quantitative estimate of drug-likeness (QED) is 0.523. The maximum Gasteiger partial charge on any atom is 0.344 e. The molecule has 1 saturated heterocycles. The van der Waals surface area contributed by atoms with E-state index in [1.54, 1.807) is 0 Å². The number of H-pyrrole nitrogens is 1. The van der Waals surface area contributed by atoms with Gasteiger partial charge in [-0.3, -0.25) is 9.36 Å². The molecule has 0 aliphatic carbocycles. The number of nitrogens with one attached hydrogen (secondary N) is 2. The number of anilines is 1. The number of amides is 1. The number of hydrogen-bond acceptors (Lipinski definition) is 8. The van der Waals surface area contributed by atoms with E-state index >= 15 is 0 Å². The summed E-state index contributed by atoms with van der Waals surface area (Å²) < 4.78 is 13.6. The fourth-order valence-corrected chi connectivity index (χ4v) is 4.73. The molecule has 0 radical (unpaired) electrons. The Hall–Kier alpha value is -2.37. The van der Waals surface area contributed by atoms with Gasteiger partial charge in [-0.2, -0.15) is 0 Å². The lowest BCUT2D eigenvalue weighted by Gasteiger charge is -2.10. The number of nitrogens with zero attached hydrogens (tertiary/aromatic N) is 3. The molecule has 11 heteroatoms. The van der Waals surface area contributed by atoms with Gasteiger partial charge in [-0.05, 0) is 38.0 Å². The van der Waals surface area contributed by atoms with E-state index in [0.29, 0.717) is 23.4 Å². The predicted octanol–water partition coefficient (Wildman–Crippen LogP) is 2.49. The molecule has 3 aromatic rings. The Labute approximate surface area is 174 Å². The number of aromatic nitrogens is 4. The lowest BCUT2D eigenvalue weighted by atomic mass is 10.2. The minimum atomic E-state index is -0.292. The molecule has 154 valence electrons. The van der Waals surface area contributed by atoms with Gasteiger partial charge in [0.25, 0.3) is 0 Å². The van der Waals surface area contributed by atoms with Crippen molar-refractivity contribution < 1.29 is 14.3 Å². The Morgan fingerprint density at radius 3 is 3.21 bits per heavy atom. The predicted molar refractivity (Wildman–Crippen MR) is 112 cm³/mol. The Bertz CT molecular complexity index is 1050. The summed E-state index contributed by atoms with van der Waals surface area (Å²) in [5.41, 5.74) is 0.513. The smallest absolute Gasteiger partial charge is 0.344 e. The van der Waals surface area contributed by atoms with Crippen molar-refractivity contribution in [1.29, 1.82) is 0 Å². The zero-order valence-corrected chi connectivity index (χ0v) is 17.5. The van der Waals surface area contributed by atoms with Crippen LogP contribution in [0, 0.1) is 0 Å². The molecule has 0 bridgehead atoms. The lowest BCUT2D eigenvalue weighted by molar-refractivity contribution is -0.113. The fraction of sp³-hybridized carbons (Fsp3) is 0.444. The Kier molecular flexibility index (Phi) is 6.16. The first kappa shape index (κ1) is 19.9. The van der Waals surface area contributed by atoms with Crippen molar-refractivity contribution in [2.45, 2.75) is 37.6 Å². The summed E-state index contributed by atoms with van der Waals surface area (Å²) in [7, 11) is 0. The van der Waals surface area contributed by atoms with Crippen molar-refractivity contribution >= 4 is 44.4 Å². The number of benzene rings is 1. The Balaban J connectivity index is 1.37. The highest BCUT2D eigenvalue weighted by Gasteiger charge is 2.20. The first-order chi connectivity index (χ1) is 14.1. The molecule has 0 spiro atoms. The highest BCUT2D eigenvalue weighted by molar-refractivity contribution is 7.99. The monoisotopic (exact) mass is 435 g/mol. The van der Waals surface area contributed by atoms with Crippen LogP contribution in [0.2, 0.25) is 0 Å². The number of carbonyl (C=O) groups excluding carboxylic acids is 1. The van der Waals surface area contributed by atoms with Gasteiger partial charge in [0.2, 0.25) is 5.91 Å². The molecule has 29 heavy (non-hydrogen) atoms. The van der Waals surface area contributed by atoms with E-state index < -0.39 is 0 Å². The van der Waals surface area contributed by atoms with Gasteiger partial charge in [0.05, 0.1) is 35.2 Å². The van der Waals surface area contributed by atoms with Crippen LogP contribution in [0.1, 0.15) is 19.8 Å². The van der Waals surface area contributed by atoms with Crippen LogP contribution >= 0.6 is 23.1 Å². The lowest BCUT2D eigenvalue weighted by Crippen LogP contribution is -2.25. The standard InChI is InChI=1S/C18H21N5O4S2/c1-2-26-11-5-6-13-14(8-11)29-16(19-13)20-15(24)10-28-18-22-21-17(25)23(18)9-12-4-3-7-27-12/h5-6,8,12H,2-4,7,9-10H2,1H3,(H,21,25)(H,19,20,24). The minimum absolute atomic E-state index is 0.0165. The van der Waals surface area contributed by atoms with E-state index in [1.807, 2.05) is 25.1 Å². The number of hydrogen-bond donors (Lipinski definition) is 2. The summed E-state index contributed by atoms with van der Waals surface area (Å²) in [5, 5.41) is 10.3. The molecule has 2 aromatic heterocycles. The van der Waals surface area contributed by atoms with E-state index in [4.69, 9.17) is 9.47 Å². The molecule has 1 aliphatic heterocycles. The average molecular weight is 436 g/mol. The van der Waals surface area contributed by atoms with Crippen LogP contribution in [0.25, 0.3) is 10.2 Å². The summed E-state index contributed by atoms with van der Waals surface area (Å²) in [6, 6.07) is 5.64. The molecule has 0 saturated carbocycles. The SMILES string of the molecule is CCOc1ccc2nc(NC(=O)CSc3n[nH]c(=O)n3CC3CCCO3)sc2c1. The molecule has 4 rings (SSSR count). The van der Waals surface area contributed by atoms with E-state index in [2.05, 4.69) is 20.5 Å². The van der Waals surface area contributed by atoms with E-state index in [0.717, 1.165) is 35.4 Å². The third kappa shape index (κ3) is 4.80. The number of thioether (sulfide) groups is 1. The van der Waals surface area contributed by atoms with Gasteiger partial charge in [-0.1, -0.05) is 23.1 Å². The maximum atomic E-state index is 12.4. The van der Waals surface area contributed by atoms with Gasteiger partial charge in [-0.15, -0.1) is 5.10 Å². The maximum absolute atomic E-state index is 12.4. The zero-order valence-electron chi connectivity index (χ0n) is 15.8. The second-order valence-electron chi connectivity index (χ2n) is 6.48. The van der Waals surface area contributed by atoms with Crippen LogP contribution < -0.4 is 15.7 Å². The fourth-order valence-electron chi connectivity index (χ4n) is 3.07. The third-order valence-corrected chi connectivity index (χ3v) is 6.29.